The van der Waals surface area contributed by atoms with Crippen molar-refractivity contribution in [2.24, 2.45) is 22.0 Å². The van der Waals surface area contributed by atoms with Gasteiger partial charge in [0.05, 0.1) is 21.1 Å². The minimum absolute atomic E-state index is 0.108. The number of amides is 1. The number of carboxylic acid groups (broad SMARTS) is 1. The molecule has 0 bridgehead atoms. The molecule has 2 atom stereocenters. The fourth-order valence-corrected chi connectivity index (χ4v) is 5.89. The SMILES string of the molecule is CC(C)(CC(C)(C(=O)NCCCN)C(C)(C)SC(=S)c1ccccc1)C(C)(C#N)CCC(=O)O. The maximum Gasteiger partial charge on any atom is 0.303 e. The van der Waals surface area contributed by atoms with Crippen LogP contribution in [0, 0.1) is 27.6 Å². The van der Waals surface area contributed by atoms with E-state index in [1.54, 1.807) is 6.92 Å². The molecule has 0 aromatic heterocycles. The number of nitriles is 1. The van der Waals surface area contributed by atoms with E-state index in [0.29, 0.717) is 30.1 Å². The minimum Gasteiger partial charge on any atom is -0.481 e. The molecule has 0 saturated heterocycles. The summed E-state index contributed by atoms with van der Waals surface area (Å²) >= 11 is 7.21. The maximum atomic E-state index is 13.7. The first-order valence-electron chi connectivity index (χ1n) is 11.6. The van der Waals surface area contributed by atoms with Gasteiger partial charge in [0.25, 0.3) is 0 Å². The number of thiocarbonyl (C=S) groups is 1. The number of carbonyl (C=O) groups is 2. The average Bonchev–Trinajstić information content (AvgIpc) is 2.77. The third kappa shape index (κ3) is 7.27. The molecule has 1 aromatic carbocycles. The first-order chi connectivity index (χ1) is 15.7. The van der Waals surface area contributed by atoms with Crippen LogP contribution in [-0.4, -0.2) is 39.0 Å². The molecule has 0 heterocycles. The second-order valence-electron chi connectivity index (χ2n) is 10.4. The molecule has 0 radical (unpaired) electrons. The quantitative estimate of drug-likeness (QED) is 0.250. The number of nitrogens with zero attached hydrogens (tertiary/aromatic N) is 1. The fraction of sp³-hybridized carbons (Fsp3) is 0.615. The zero-order valence-corrected chi connectivity index (χ0v) is 22.9. The van der Waals surface area contributed by atoms with Gasteiger partial charge >= 0.3 is 5.97 Å². The lowest BCUT2D eigenvalue weighted by atomic mass is 9.56. The fourth-order valence-electron chi connectivity index (χ4n) is 4.02. The first kappa shape index (κ1) is 30.1. The number of thioether (sulfide) groups is 1. The normalized spacial score (nSPS) is 15.5. The summed E-state index contributed by atoms with van der Waals surface area (Å²) in [4.78, 5) is 24.9. The van der Waals surface area contributed by atoms with Crippen LogP contribution in [0.4, 0.5) is 0 Å². The van der Waals surface area contributed by atoms with Gasteiger partial charge in [-0.2, -0.15) is 5.26 Å². The van der Waals surface area contributed by atoms with Crippen LogP contribution in [0.15, 0.2) is 30.3 Å². The van der Waals surface area contributed by atoms with E-state index in [4.69, 9.17) is 18.0 Å². The number of benzene rings is 1. The highest BCUT2D eigenvalue weighted by molar-refractivity contribution is 8.24. The van der Waals surface area contributed by atoms with Crippen molar-refractivity contribution in [3.63, 3.8) is 0 Å². The van der Waals surface area contributed by atoms with Crippen LogP contribution < -0.4 is 11.1 Å². The Morgan fingerprint density at radius 2 is 1.74 bits per heavy atom. The molecule has 2 unspecified atom stereocenters. The van der Waals surface area contributed by atoms with Gasteiger partial charge in [-0.15, -0.1) is 11.8 Å². The molecule has 34 heavy (non-hydrogen) atoms. The van der Waals surface area contributed by atoms with Gasteiger partial charge in [0.15, 0.2) is 0 Å². The molecule has 1 amide bonds. The Balaban J connectivity index is 3.39. The number of nitrogens with two attached hydrogens (primary N) is 1. The Hall–Kier alpha value is -1.95. The van der Waals surface area contributed by atoms with Crippen molar-refractivity contribution in [1.82, 2.24) is 5.32 Å². The van der Waals surface area contributed by atoms with Crippen molar-refractivity contribution < 1.29 is 14.7 Å². The van der Waals surface area contributed by atoms with Crippen LogP contribution in [0.25, 0.3) is 0 Å². The van der Waals surface area contributed by atoms with Crippen molar-refractivity contribution in [1.29, 1.82) is 5.26 Å². The van der Waals surface area contributed by atoms with E-state index in [-0.39, 0.29) is 18.7 Å². The smallest absolute Gasteiger partial charge is 0.303 e. The molecule has 0 saturated carbocycles. The molecular formula is C26H39N3O3S2. The first-order valence-corrected chi connectivity index (χ1v) is 12.8. The van der Waals surface area contributed by atoms with Gasteiger partial charge < -0.3 is 16.2 Å². The molecule has 1 rings (SSSR count). The highest BCUT2D eigenvalue weighted by atomic mass is 32.2. The van der Waals surface area contributed by atoms with Crippen molar-refractivity contribution in [3.8, 4) is 6.07 Å². The molecule has 0 fully saturated rings. The van der Waals surface area contributed by atoms with E-state index < -0.39 is 27.0 Å². The van der Waals surface area contributed by atoms with Gasteiger partial charge in [-0.25, -0.2) is 0 Å². The van der Waals surface area contributed by atoms with Crippen molar-refractivity contribution >= 4 is 40.1 Å². The van der Waals surface area contributed by atoms with Crippen LogP contribution in [-0.2, 0) is 9.59 Å². The van der Waals surface area contributed by atoms with Crippen molar-refractivity contribution in [3.05, 3.63) is 35.9 Å². The molecule has 4 N–H and O–H groups in total. The summed E-state index contributed by atoms with van der Waals surface area (Å²) in [6, 6.07) is 12.1. The van der Waals surface area contributed by atoms with Crippen molar-refractivity contribution in [2.75, 3.05) is 13.1 Å². The van der Waals surface area contributed by atoms with Crippen LogP contribution >= 0.6 is 24.0 Å². The highest BCUT2D eigenvalue weighted by Crippen LogP contribution is 2.55. The summed E-state index contributed by atoms with van der Waals surface area (Å²) in [6.07, 6.45) is 1.13. The summed E-state index contributed by atoms with van der Waals surface area (Å²) in [5, 5.41) is 22.3. The topological polar surface area (TPSA) is 116 Å². The zero-order chi connectivity index (χ0) is 26.2. The molecule has 6 nitrogen and oxygen atoms in total. The van der Waals surface area contributed by atoms with Gasteiger partial charge in [-0.05, 0) is 64.5 Å². The van der Waals surface area contributed by atoms with Crippen LogP contribution in [0.1, 0.15) is 72.8 Å². The summed E-state index contributed by atoms with van der Waals surface area (Å²) in [6.45, 7) is 12.5. The van der Waals surface area contributed by atoms with Crippen molar-refractivity contribution in [2.45, 2.75) is 72.0 Å². The van der Waals surface area contributed by atoms with E-state index in [0.717, 1.165) is 5.56 Å². The van der Waals surface area contributed by atoms with Crippen LogP contribution in [0.3, 0.4) is 0 Å². The third-order valence-electron chi connectivity index (χ3n) is 7.23. The number of hydrogen-bond acceptors (Lipinski definition) is 6. The molecular weight excluding hydrogens is 466 g/mol. The van der Waals surface area contributed by atoms with E-state index in [1.165, 1.54) is 11.8 Å². The molecule has 188 valence electrons. The van der Waals surface area contributed by atoms with Gasteiger partial charge in [-0.3, -0.25) is 9.59 Å². The Labute approximate surface area is 214 Å². The highest BCUT2D eigenvalue weighted by Gasteiger charge is 2.54. The van der Waals surface area contributed by atoms with Gasteiger partial charge in [-0.1, -0.05) is 56.4 Å². The number of aliphatic carboxylic acids is 1. The number of carbonyl (C=O) groups excluding carboxylic acids is 1. The molecule has 0 aliphatic carbocycles. The lowest BCUT2D eigenvalue weighted by molar-refractivity contribution is -0.139. The second kappa shape index (κ2) is 12.1. The number of hydrogen-bond donors (Lipinski definition) is 3. The standard InChI is InChI=1S/C26H39N3O3S2/c1-23(2,25(5,18-28)14-13-20(30)31)17-26(6,22(32)29-16-10-15-27)24(3,4)34-21(33)19-11-8-7-9-12-19/h7-9,11-12H,10,13-17,27H2,1-6H3,(H,29,32)(H,30,31). The molecule has 1 aromatic rings. The Morgan fingerprint density at radius 3 is 2.24 bits per heavy atom. The van der Waals surface area contributed by atoms with Crippen LogP contribution in [0.2, 0.25) is 0 Å². The van der Waals surface area contributed by atoms with Gasteiger partial charge in [0, 0.05) is 17.7 Å². The monoisotopic (exact) mass is 505 g/mol. The Morgan fingerprint density at radius 1 is 1.15 bits per heavy atom. The zero-order valence-electron chi connectivity index (χ0n) is 21.2. The summed E-state index contributed by atoms with van der Waals surface area (Å²) in [7, 11) is 0. The lowest BCUT2D eigenvalue weighted by Crippen LogP contribution is -2.55. The summed E-state index contributed by atoms with van der Waals surface area (Å²) in [5.74, 6) is -1.07. The van der Waals surface area contributed by atoms with E-state index >= 15 is 0 Å². The molecule has 0 aliphatic heterocycles. The lowest BCUT2D eigenvalue weighted by Gasteiger charge is -2.50. The van der Waals surface area contributed by atoms with Gasteiger partial charge in [0.2, 0.25) is 5.91 Å². The number of carboxylic acids is 1. The van der Waals surface area contributed by atoms with E-state index in [2.05, 4.69) is 11.4 Å². The molecule has 0 spiro atoms. The Bertz CT molecular complexity index is 912. The third-order valence-corrected chi connectivity index (χ3v) is 9.10. The van der Waals surface area contributed by atoms with E-state index in [9.17, 15) is 20.0 Å². The number of rotatable bonds is 13. The largest absolute Gasteiger partial charge is 0.481 e. The minimum atomic E-state index is -0.941. The molecule has 0 aliphatic rings. The van der Waals surface area contributed by atoms with Gasteiger partial charge in [0.1, 0.15) is 0 Å². The second-order valence-corrected chi connectivity index (χ2v) is 12.7. The van der Waals surface area contributed by atoms with E-state index in [1.807, 2.05) is 65.0 Å². The molecule has 8 heteroatoms. The average molecular weight is 506 g/mol. The predicted octanol–water partition coefficient (Wildman–Crippen LogP) is 5.16. The summed E-state index contributed by atoms with van der Waals surface area (Å²) in [5.41, 5.74) is 4.01. The summed E-state index contributed by atoms with van der Waals surface area (Å²) < 4.78 is 0.0611. The van der Waals surface area contributed by atoms with Crippen LogP contribution in [0.5, 0.6) is 0 Å². The predicted molar refractivity (Wildman–Crippen MR) is 144 cm³/mol. The Kier molecular flexibility index (Phi) is 10.7. The maximum absolute atomic E-state index is 13.7. The number of nitrogens with one attached hydrogen (secondary N) is 1.